The Bertz CT molecular complexity index is 486. The molecule has 1 rings (SSSR count). The van der Waals surface area contributed by atoms with E-state index in [2.05, 4.69) is 43.8 Å². The highest BCUT2D eigenvalue weighted by Gasteiger charge is 2.03. The van der Waals surface area contributed by atoms with Crippen molar-refractivity contribution in [3.05, 3.63) is 31.5 Å². The first-order valence-electron chi connectivity index (χ1n) is 3.13. The summed E-state index contributed by atoms with van der Waals surface area (Å²) in [4.78, 5) is 43.0. The molecule has 0 unspecified atom stereocenters. The molecular weight excluding hydrogens is 342 g/mol. The van der Waals surface area contributed by atoms with Crippen LogP contribution < -0.4 is 28.5 Å². The van der Waals surface area contributed by atoms with Gasteiger partial charge in [-0.25, -0.2) is 19.2 Å². The molecule has 84 valence electrons. The maximum atomic E-state index is 10.8. The maximum Gasteiger partial charge on any atom is 0.357 e. The van der Waals surface area contributed by atoms with E-state index in [4.69, 9.17) is 4.79 Å². The molecule has 2 amide bonds. The monoisotopic (exact) mass is 345 g/mol. The van der Waals surface area contributed by atoms with Crippen molar-refractivity contribution in [2.75, 3.05) is 0 Å². The number of hydrogen-bond donors (Lipinski definition) is 3. The second-order valence-electron chi connectivity index (χ2n) is 1.98. The zero-order valence-corrected chi connectivity index (χ0v) is 10.1. The highest BCUT2D eigenvalue weighted by Crippen LogP contribution is 1.77. The molecule has 1 heterocycles. The molecule has 0 bridgehead atoms. The Hall–Kier alpha value is -1.36. The van der Waals surface area contributed by atoms with E-state index >= 15 is 0 Å². The third-order valence-electron chi connectivity index (χ3n) is 0.906. The number of nitrogens with zero attached hydrogens (tertiary/aromatic N) is 2. The smallest absolute Gasteiger partial charge is 0.352 e. The molecule has 0 aliphatic heterocycles. The first-order chi connectivity index (χ1) is 6.77. The molecule has 11 heteroatoms. The summed E-state index contributed by atoms with van der Waals surface area (Å²) in [5.41, 5.74) is 6.09. The molecule has 0 aromatic carbocycles. The molecule has 0 atom stereocenters. The van der Waals surface area contributed by atoms with Gasteiger partial charge in [-0.05, 0) is 0 Å². The van der Waals surface area contributed by atoms with E-state index in [9.17, 15) is 14.4 Å². The summed E-state index contributed by atoms with van der Waals surface area (Å²) in [5, 5.41) is 0. The molecule has 1 aromatic heterocycles. The molecule has 0 aliphatic carbocycles. The minimum absolute atomic E-state index is 0.586. The van der Waals surface area contributed by atoms with E-state index in [-0.39, 0.29) is 0 Å². The fourth-order valence-electron chi connectivity index (χ4n) is 0.440. The van der Waals surface area contributed by atoms with Crippen molar-refractivity contribution >= 4 is 38.3 Å². The quantitative estimate of drug-likeness (QED) is 0.500. The van der Waals surface area contributed by atoms with Crippen LogP contribution in [0.4, 0.5) is 4.79 Å². The number of H-pyrrole nitrogens is 1. The number of primary amides is 2. The average molecular weight is 347 g/mol. The van der Waals surface area contributed by atoms with Crippen LogP contribution in [0.1, 0.15) is 0 Å². The van der Waals surface area contributed by atoms with E-state index in [1.165, 1.54) is 0 Å². The summed E-state index contributed by atoms with van der Waals surface area (Å²) in [6.07, 6.45) is 0. The number of nitrogens with two attached hydrogens (primary N) is 2. The van der Waals surface area contributed by atoms with Crippen molar-refractivity contribution in [3.8, 4) is 0 Å². The van der Waals surface area contributed by atoms with Gasteiger partial charge in [0.05, 0.1) is 32.3 Å². The van der Waals surface area contributed by atoms with Gasteiger partial charge in [0.2, 0.25) is 0 Å². The van der Waals surface area contributed by atoms with Gasteiger partial charge in [0, 0.05) is 0 Å². The second-order valence-corrected chi connectivity index (χ2v) is 3.40. The third kappa shape index (κ3) is 4.12. The van der Waals surface area contributed by atoms with Crippen molar-refractivity contribution in [1.82, 2.24) is 12.2 Å². The number of amides is 2. The highest BCUT2D eigenvalue weighted by atomic mass is 79.9. The van der Waals surface area contributed by atoms with Crippen molar-refractivity contribution in [2.45, 2.75) is 0 Å². The van der Waals surface area contributed by atoms with Gasteiger partial charge in [-0.2, -0.15) is 7.19 Å². The number of aromatic amines is 1. The van der Waals surface area contributed by atoms with Crippen LogP contribution in [0.2, 0.25) is 0 Å². The van der Waals surface area contributed by atoms with Crippen LogP contribution >= 0.6 is 32.3 Å². The van der Waals surface area contributed by atoms with Crippen molar-refractivity contribution < 1.29 is 4.79 Å². The fraction of sp³-hybridized carbons (Fsp3) is 0. The summed E-state index contributed by atoms with van der Waals surface area (Å²) in [7, 11) is 0. The minimum Gasteiger partial charge on any atom is -0.352 e. The lowest BCUT2D eigenvalue weighted by Gasteiger charge is -1.92. The van der Waals surface area contributed by atoms with Crippen LogP contribution in [0.15, 0.2) is 14.4 Å². The number of nitrogens with one attached hydrogen (secondary N) is 1. The van der Waals surface area contributed by atoms with Crippen molar-refractivity contribution in [3.63, 3.8) is 0 Å². The van der Waals surface area contributed by atoms with E-state index in [0.29, 0.717) is 7.19 Å². The molecule has 15 heavy (non-hydrogen) atoms. The average Bonchev–Trinajstić information content (AvgIpc) is 2.11. The molecule has 9 nitrogen and oxygen atoms in total. The van der Waals surface area contributed by atoms with E-state index in [1.54, 1.807) is 0 Å². The molecular formula is C4H5Br2N5O4. The zero-order chi connectivity index (χ0) is 12.2. The molecule has 1 aromatic rings. The van der Waals surface area contributed by atoms with Crippen LogP contribution in [-0.2, 0) is 0 Å². The number of hydrogen-bond acceptors (Lipinski definition) is 4. The molecule has 0 aliphatic rings. The zero-order valence-electron chi connectivity index (χ0n) is 6.94. The summed E-state index contributed by atoms with van der Waals surface area (Å²) in [6, 6.07) is -0.833. The van der Waals surface area contributed by atoms with Crippen molar-refractivity contribution in [1.29, 1.82) is 0 Å². The SMILES string of the molecule is NC(N)=O.O=c1[nH]c(=O)n(Br)c(=O)n1Br. The van der Waals surface area contributed by atoms with Gasteiger partial charge in [-0.3, -0.25) is 4.98 Å². The van der Waals surface area contributed by atoms with Gasteiger partial charge in [0.15, 0.2) is 0 Å². The third-order valence-corrected chi connectivity index (χ3v) is 2.16. The largest absolute Gasteiger partial charge is 0.357 e. The van der Waals surface area contributed by atoms with Gasteiger partial charge in [-0.15, -0.1) is 0 Å². The maximum absolute atomic E-state index is 10.8. The van der Waals surface area contributed by atoms with Gasteiger partial charge >= 0.3 is 23.1 Å². The molecule has 0 spiro atoms. The predicted octanol–water partition coefficient (Wildman–Crippen LogP) is -1.96. The number of carbonyl (C=O) groups is 1. The fourth-order valence-corrected chi connectivity index (χ4v) is 1.15. The number of aromatic nitrogens is 3. The summed E-state index contributed by atoms with van der Waals surface area (Å²) in [6.45, 7) is 0. The highest BCUT2D eigenvalue weighted by molar-refractivity contribution is 9.08. The molecule has 0 fully saturated rings. The minimum atomic E-state index is -0.833. The van der Waals surface area contributed by atoms with Crippen LogP contribution in [-0.4, -0.2) is 18.2 Å². The van der Waals surface area contributed by atoms with Gasteiger partial charge < -0.3 is 11.5 Å². The number of halogens is 2. The van der Waals surface area contributed by atoms with Crippen LogP contribution in [0.25, 0.3) is 0 Å². The summed E-state index contributed by atoms with van der Waals surface area (Å²) < 4.78 is 1.17. The van der Waals surface area contributed by atoms with Gasteiger partial charge in [0.25, 0.3) is 0 Å². The molecule has 0 saturated carbocycles. The lowest BCUT2D eigenvalue weighted by molar-refractivity contribution is 0.256. The van der Waals surface area contributed by atoms with E-state index < -0.39 is 23.1 Å². The van der Waals surface area contributed by atoms with Gasteiger partial charge in [0.1, 0.15) is 0 Å². The lowest BCUT2D eigenvalue weighted by Crippen LogP contribution is -2.42. The Morgan fingerprint density at radius 1 is 1.07 bits per heavy atom. The molecule has 5 N–H and O–H groups in total. The number of urea groups is 1. The van der Waals surface area contributed by atoms with E-state index in [0.717, 1.165) is 0 Å². The van der Waals surface area contributed by atoms with Crippen LogP contribution in [0.3, 0.4) is 0 Å². The normalized spacial score (nSPS) is 8.93. The second kappa shape index (κ2) is 5.50. The van der Waals surface area contributed by atoms with Crippen LogP contribution in [0.5, 0.6) is 0 Å². The Kier molecular flexibility index (Phi) is 5.00. The number of carbonyl (C=O) groups excluding carboxylic acids is 1. The Balaban J connectivity index is 0.000000423. The molecule has 0 saturated heterocycles. The topological polar surface area (TPSA) is 146 Å². The first-order valence-corrected chi connectivity index (χ1v) is 4.54. The lowest BCUT2D eigenvalue weighted by atomic mass is 11.0. The Morgan fingerprint density at radius 2 is 1.33 bits per heavy atom. The standard InChI is InChI=1S/C3HBr2N3O3.CH4N2O/c4-7-1(9)6-2(10)8(5)3(7)11;2-1(3)4/h(H,6,9,10);(H4,2,3,4). The van der Waals surface area contributed by atoms with Gasteiger partial charge in [-0.1, -0.05) is 0 Å². The summed E-state index contributed by atoms with van der Waals surface area (Å²) >= 11 is 5.27. The number of rotatable bonds is 0. The van der Waals surface area contributed by atoms with Crippen molar-refractivity contribution in [2.24, 2.45) is 11.5 Å². The van der Waals surface area contributed by atoms with E-state index in [1.807, 2.05) is 4.98 Å². The predicted molar refractivity (Wildman–Crippen MR) is 58.0 cm³/mol. The first kappa shape index (κ1) is 13.6. The summed E-state index contributed by atoms with van der Waals surface area (Å²) in [5.74, 6) is 0. The Morgan fingerprint density at radius 3 is 1.60 bits per heavy atom. The molecule has 0 radical (unpaired) electrons. The Labute approximate surface area is 98.4 Å². The van der Waals surface area contributed by atoms with Crippen LogP contribution in [0, 0.1) is 0 Å².